The quantitative estimate of drug-likeness (QED) is 0.788. The Labute approximate surface area is 142 Å². The van der Waals surface area contributed by atoms with Gasteiger partial charge in [0.05, 0.1) is 11.9 Å². The molecule has 1 amide bonds. The van der Waals surface area contributed by atoms with E-state index in [4.69, 9.17) is 11.6 Å². The molecule has 0 saturated carbocycles. The molecular weight excluding hydrogens is 332 g/mol. The molecule has 0 bridgehead atoms. The number of nitrogens with zero attached hydrogens (tertiary/aromatic N) is 3. The van der Waals surface area contributed by atoms with E-state index in [0.717, 1.165) is 27.2 Å². The van der Waals surface area contributed by atoms with Crippen LogP contribution in [0.5, 0.6) is 0 Å². The number of hydrogen-bond acceptors (Lipinski definition) is 5. The predicted molar refractivity (Wildman–Crippen MR) is 95.2 cm³/mol. The van der Waals surface area contributed by atoms with Crippen molar-refractivity contribution in [1.29, 1.82) is 0 Å². The van der Waals surface area contributed by atoms with Crippen molar-refractivity contribution < 1.29 is 4.79 Å². The SMILES string of the molecule is CNC(=O)CN(C)c1ncnc2scc(-c3ccc(Cl)cc3)c12. The summed E-state index contributed by atoms with van der Waals surface area (Å²) in [7, 11) is 3.47. The Hall–Kier alpha value is -2.18. The Morgan fingerprint density at radius 3 is 2.74 bits per heavy atom. The number of benzene rings is 1. The highest BCUT2D eigenvalue weighted by Crippen LogP contribution is 2.37. The van der Waals surface area contributed by atoms with E-state index < -0.39 is 0 Å². The molecule has 2 aromatic heterocycles. The van der Waals surface area contributed by atoms with E-state index in [1.54, 1.807) is 18.4 Å². The van der Waals surface area contributed by atoms with E-state index in [1.165, 1.54) is 6.33 Å². The Morgan fingerprint density at radius 2 is 2.04 bits per heavy atom. The summed E-state index contributed by atoms with van der Waals surface area (Å²) in [5, 5.41) is 6.33. The molecule has 0 atom stereocenters. The summed E-state index contributed by atoms with van der Waals surface area (Å²) in [6.07, 6.45) is 1.53. The average Bonchev–Trinajstić information content (AvgIpc) is 2.99. The first kappa shape index (κ1) is 15.7. The van der Waals surface area contributed by atoms with Gasteiger partial charge in [-0.3, -0.25) is 4.79 Å². The van der Waals surface area contributed by atoms with Gasteiger partial charge in [-0.1, -0.05) is 23.7 Å². The minimum absolute atomic E-state index is 0.0671. The standard InChI is InChI=1S/C16H15ClN4OS/c1-18-13(22)7-21(2)15-14-12(8-23-16(14)20-9-19-15)10-3-5-11(17)6-4-10/h3-6,8-9H,7H2,1-2H3,(H,18,22). The first-order valence-corrected chi connectivity index (χ1v) is 8.25. The number of anilines is 1. The second-order valence-corrected chi connectivity index (χ2v) is 6.36. The third kappa shape index (κ3) is 3.13. The largest absolute Gasteiger partial charge is 0.358 e. The Kier molecular flexibility index (Phi) is 4.45. The van der Waals surface area contributed by atoms with Crippen LogP contribution in [0.25, 0.3) is 21.3 Å². The topological polar surface area (TPSA) is 58.1 Å². The van der Waals surface area contributed by atoms with Crippen LogP contribution in [0.4, 0.5) is 5.82 Å². The van der Waals surface area contributed by atoms with Gasteiger partial charge in [-0.05, 0) is 17.7 Å². The average molecular weight is 347 g/mol. The van der Waals surface area contributed by atoms with Gasteiger partial charge in [-0.25, -0.2) is 9.97 Å². The van der Waals surface area contributed by atoms with Crippen LogP contribution in [0.3, 0.4) is 0 Å². The zero-order valence-electron chi connectivity index (χ0n) is 12.7. The molecule has 0 aliphatic rings. The number of carbonyl (C=O) groups is 1. The lowest BCUT2D eigenvalue weighted by molar-refractivity contribution is -0.119. The molecule has 0 spiro atoms. The lowest BCUT2D eigenvalue weighted by atomic mass is 10.1. The molecule has 0 radical (unpaired) electrons. The molecule has 3 aromatic rings. The lowest BCUT2D eigenvalue weighted by Crippen LogP contribution is -2.33. The minimum atomic E-state index is -0.0671. The van der Waals surface area contributed by atoms with Crippen LogP contribution in [0.1, 0.15) is 0 Å². The molecule has 0 aliphatic carbocycles. The van der Waals surface area contributed by atoms with E-state index in [1.807, 2.05) is 36.2 Å². The van der Waals surface area contributed by atoms with E-state index in [9.17, 15) is 4.79 Å². The van der Waals surface area contributed by atoms with Gasteiger partial charge >= 0.3 is 0 Å². The van der Waals surface area contributed by atoms with Crippen LogP contribution in [-0.4, -0.2) is 36.5 Å². The van der Waals surface area contributed by atoms with E-state index >= 15 is 0 Å². The fourth-order valence-electron chi connectivity index (χ4n) is 2.36. The van der Waals surface area contributed by atoms with E-state index in [-0.39, 0.29) is 12.5 Å². The number of fused-ring (bicyclic) bond motifs is 1. The fourth-order valence-corrected chi connectivity index (χ4v) is 3.40. The van der Waals surface area contributed by atoms with Crippen LogP contribution >= 0.6 is 22.9 Å². The Morgan fingerprint density at radius 1 is 1.30 bits per heavy atom. The van der Waals surface area contributed by atoms with Crippen LogP contribution < -0.4 is 10.2 Å². The van der Waals surface area contributed by atoms with Crippen molar-refractivity contribution in [2.75, 3.05) is 25.5 Å². The first-order valence-electron chi connectivity index (χ1n) is 7.00. The van der Waals surface area contributed by atoms with Crippen molar-refractivity contribution in [3.05, 3.63) is 41.0 Å². The number of rotatable bonds is 4. The number of thiophene rings is 1. The van der Waals surface area contributed by atoms with Gasteiger partial charge in [0.2, 0.25) is 5.91 Å². The third-order valence-corrected chi connectivity index (χ3v) is 4.66. The number of carbonyl (C=O) groups excluding carboxylic acids is 1. The summed E-state index contributed by atoms with van der Waals surface area (Å²) < 4.78 is 0. The van der Waals surface area contributed by atoms with Crippen molar-refractivity contribution in [2.45, 2.75) is 0 Å². The van der Waals surface area contributed by atoms with E-state index in [0.29, 0.717) is 5.02 Å². The molecule has 0 unspecified atom stereocenters. The Balaban J connectivity index is 2.10. The fraction of sp³-hybridized carbons (Fsp3) is 0.188. The van der Waals surface area contributed by atoms with Crippen LogP contribution in [0.2, 0.25) is 5.02 Å². The third-order valence-electron chi connectivity index (χ3n) is 3.53. The van der Waals surface area contributed by atoms with Crippen molar-refractivity contribution in [3.8, 4) is 11.1 Å². The lowest BCUT2D eigenvalue weighted by Gasteiger charge is -2.18. The maximum atomic E-state index is 11.7. The van der Waals surface area contributed by atoms with Gasteiger partial charge < -0.3 is 10.2 Å². The molecule has 0 fully saturated rings. The second kappa shape index (κ2) is 6.52. The molecule has 1 N–H and O–H groups in total. The van der Waals surface area contributed by atoms with Crippen LogP contribution in [0.15, 0.2) is 36.0 Å². The first-order chi connectivity index (χ1) is 11.1. The van der Waals surface area contributed by atoms with Crippen molar-refractivity contribution >= 4 is 44.9 Å². The molecule has 23 heavy (non-hydrogen) atoms. The summed E-state index contributed by atoms with van der Waals surface area (Å²) in [5.41, 5.74) is 2.09. The zero-order valence-corrected chi connectivity index (χ0v) is 14.3. The van der Waals surface area contributed by atoms with Gasteiger partial charge in [-0.2, -0.15) is 0 Å². The van der Waals surface area contributed by atoms with Gasteiger partial charge in [0.15, 0.2) is 0 Å². The molecular formula is C16H15ClN4OS. The summed E-state index contributed by atoms with van der Waals surface area (Å²) in [4.78, 5) is 23.1. The molecule has 0 saturated heterocycles. The van der Waals surface area contributed by atoms with Crippen molar-refractivity contribution in [1.82, 2.24) is 15.3 Å². The number of aromatic nitrogens is 2. The van der Waals surface area contributed by atoms with Gasteiger partial charge in [0.25, 0.3) is 0 Å². The summed E-state index contributed by atoms with van der Waals surface area (Å²) in [6.45, 7) is 0.235. The number of halogens is 1. The maximum absolute atomic E-state index is 11.7. The molecule has 2 heterocycles. The number of likely N-dealkylation sites (N-methyl/N-ethyl adjacent to an activating group) is 2. The molecule has 0 aliphatic heterocycles. The van der Waals surface area contributed by atoms with Crippen LogP contribution in [-0.2, 0) is 4.79 Å². The molecule has 1 aromatic carbocycles. The molecule has 7 heteroatoms. The van der Waals surface area contributed by atoms with Gasteiger partial charge in [0.1, 0.15) is 17.0 Å². The van der Waals surface area contributed by atoms with Gasteiger partial charge in [0, 0.05) is 30.1 Å². The zero-order chi connectivity index (χ0) is 16.4. The predicted octanol–water partition coefficient (Wildman–Crippen LogP) is 3.19. The number of nitrogens with one attached hydrogen (secondary N) is 1. The van der Waals surface area contributed by atoms with Crippen LogP contribution in [0, 0.1) is 0 Å². The summed E-state index contributed by atoms with van der Waals surface area (Å²) >= 11 is 7.53. The van der Waals surface area contributed by atoms with Crippen molar-refractivity contribution in [3.63, 3.8) is 0 Å². The highest BCUT2D eigenvalue weighted by molar-refractivity contribution is 7.17. The normalized spacial score (nSPS) is 10.7. The molecule has 118 valence electrons. The summed E-state index contributed by atoms with van der Waals surface area (Å²) in [5.74, 6) is 0.673. The minimum Gasteiger partial charge on any atom is -0.358 e. The number of hydrogen-bond donors (Lipinski definition) is 1. The van der Waals surface area contributed by atoms with Gasteiger partial charge in [-0.15, -0.1) is 11.3 Å². The monoisotopic (exact) mass is 346 g/mol. The van der Waals surface area contributed by atoms with E-state index in [2.05, 4.69) is 20.7 Å². The van der Waals surface area contributed by atoms with Crippen molar-refractivity contribution in [2.24, 2.45) is 0 Å². The molecule has 5 nitrogen and oxygen atoms in total. The number of amides is 1. The highest BCUT2D eigenvalue weighted by atomic mass is 35.5. The maximum Gasteiger partial charge on any atom is 0.239 e. The smallest absolute Gasteiger partial charge is 0.239 e. The summed E-state index contributed by atoms with van der Waals surface area (Å²) in [6, 6.07) is 7.66. The Bertz CT molecular complexity index is 847. The second-order valence-electron chi connectivity index (χ2n) is 5.06. The highest BCUT2D eigenvalue weighted by Gasteiger charge is 2.17. The molecule has 3 rings (SSSR count).